The van der Waals surface area contributed by atoms with E-state index in [1.165, 1.54) is 4.88 Å². The number of carbonyl (C=O) groups excluding carboxylic acids is 1. The van der Waals surface area contributed by atoms with E-state index >= 15 is 0 Å². The average Bonchev–Trinajstić information content (AvgIpc) is 2.98. The molecular formula is C15H19N3OS. The lowest BCUT2D eigenvalue weighted by atomic mass is 10.2. The van der Waals surface area contributed by atoms with Crippen molar-refractivity contribution in [3.8, 4) is 0 Å². The van der Waals surface area contributed by atoms with Crippen LogP contribution in [0.5, 0.6) is 0 Å². The van der Waals surface area contributed by atoms with Crippen molar-refractivity contribution in [2.24, 2.45) is 0 Å². The van der Waals surface area contributed by atoms with Crippen LogP contribution in [0, 0.1) is 0 Å². The molecule has 4 nitrogen and oxygen atoms in total. The Morgan fingerprint density at radius 3 is 3.00 bits per heavy atom. The van der Waals surface area contributed by atoms with E-state index in [4.69, 9.17) is 0 Å². The van der Waals surface area contributed by atoms with E-state index in [1.807, 2.05) is 11.4 Å². The van der Waals surface area contributed by atoms with Gasteiger partial charge < -0.3 is 10.6 Å². The lowest BCUT2D eigenvalue weighted by molar-refractivity contribution is 0.0954. The van der Waals surface area contributed by atoms with Gasteiger partial charge in [0.05, 0.1) is 0 Å². The Bertz CT molecular complexity index is 540. The van der Waals surface area contributed by atoms with E-state index in [0.29, 0.717) is 12.1 Å². The summed E-state index contributed by atoms with van der Waals surface area (Å²) >= 11 is 1.71. The van der Waals surface area contributed by atoms with Crippen LogP contribution in [0.1, 0.15) is 28.6 Å². The maximum absolute atomic E-state index is 12.0. The molecule has 0 spiro atoms. The second-order valence-electron chi connectivity index (χ2n) is 4.44. The summed E-state index contributed by atoms with van der Waals surface area (Å²) in [4.78, 5) is 17.5. The highest BCUT2D eigenvalue weighted by Crippen LogP contribution is 2.09. The van der Waals surface area contributed by atoms with Gasteiger partial charge in [0, 0.05) is 29.7 Å². The van der Waals surface area contributed by atoms with Crippen molar-refractivity contribution >= 4 is 23.1 Å². The monoisotopic (exact) mass is 289 g/mol. The number of hydrogen-bond acceptors (Lipinski definition) is 4. The van der Waals surface area contributed by atoms with Gasteiger partial charge in [-0.1, -0.05) is 13.0 Å². The third-order valence-electron chi connectivity index (χ3n) is 2.82. The highest BCUT2D eigenvalue weighted by atomic mass is 32.1. The number of nitrogens with one attached hydrogen (secondary N) is 2. The van der Waals surface area contributed by atoms with Crippen molar-refractivity contribution in [3.63, 3.8) is 0 Å². The molecule has 2 N–H and O–H groups in total. The van der Waals surface area contributed by atoms with Gasteiger partial charge in [-0.3, -0.25) is 4.79 Å². The van der Waals surface area contributed by atoms with Crippen molar-refractivity contribution in [1.29, 1.82) is 0 Å². The van der Waals surface area contributed by atoms with E-state index in [0.717, 1.165) is 25.2 Å². The molecular weight excluding hydrogens is 270 g/mol. The number of carbonyl (C=O) groups is 1. The molecule has 106 valence electrons. The minimum absolute atomic E-state index is 0.0523. The summed E-state index contributed by atoms with van der Waals surface area (Å²) in [6.07, 6.45) is 3.56. The third-order valence-corrected chi connectivity index (χ3v) is 3.75. The first kappa shape index (κ1) is 14.5. The highest BCUT2D eigenvalue weighted by Gasteiger charge is 2.06. The highest BCUT2D eigenvalue weighted by molar-refractivity contribution is 7.09. The van der Waals surface area contributed by atoms with E-state index in [-0.39, 0.29) is 5.91 Å². The van der Waals surface area contributed by atoms with Crippen molar-refractivity contribution in [3.05, 3.63) is 46.3 Å². The first-order valence-electron chi connectivity index (χ1n) is 6.80. The maximum Gasteiger partial charge on any atom is 0.251 e. The van der Waals surface area contributed by atoms with Gasteiger partial charge in [0.1, 0.15) is 5.82 Å². The summed E-state index contributed by atoms with van der Waals surface area (Å²) in [5, 5.41) is 8.16. The second-order valence-corrected chi connectivity index (χ2v) is 5.47. The quantitative estimate of drug-likeness (QED) is 0.824. The van der Waals surface area contributed by atoms with E-state index in [1.54, 1.807) is 29.7 Å². The number of amides is 1. The van der Waals surface area contributed by atoms with Crippen molar-refractivity contribution < 1.29 is 4.79 Å². The summed E-state index contributed by atoms with van der Waals surface area (Å²) in [5.41, 5.74) is 0.643. The van der Waals surface area contributed by atoms with Crippen LogP contribution in [0.4, 0.5) is 5.82 Å². The van der Waals surface area contributed by atoms with Crippen molar-refractivity contribution in [2.75, 3.05) is 18.4 Å². The smallest absolute Gasteiger partial charge is 0.251 e. The molecule has 2 aromatic rings. The summed E-state index contributed by atoms with van der Waals surface area (Å²) in [6, 6.07) is 7.63. The summed E-state index contributed by atoms with van der Waals surface area (Å²) in [5.74, 6) is 0.696. The van der Waals surface area contributed by atoms with E-state index < -0.39 is 0 Å². The van der Waals surface area contributed by atoms with Gasteiger partial charge in [0.2, 0.25) is 0 Å². The summed E-state index contributed by atoms with van der Waals surface area (Å²) in [7, 11) is 0. The topological polar surface area (TPSA) is 54.0 Å². The Labute approximate surface area is 123 Å². The Kier molecular flexibility index (Phi) is 5.55. The molecule has 0 saturated heterocycles. The van der Waals surface area contributed by atoms with Crippen LogP contribution in [0.15, 0.2) is 35.8 Å². The van der Waals surface area contributed by atoms with Crippen molar-refractivity contribution in [1.82, 2.24) is 10.3 Å². The molecule has 2 rings (SSSR count). The first-order chi connectivity index (χ1) is 9.79. The maximum atomic E-state index is 12.0. The number of rotatable bonds is 7. The number of hydrogen-bond donors (Lipinski definition) is 2. The van der Waals surface area contributed by atoms with Gasteiger partial charge in [-0.05, 0) is 36.4 Å². The molecule has 2 aromatic heterocycles. The molecule has 0 saturated carbocycles. The zero-order chi connectivity index (χ0) is 14.2. The molecule has 0 radical (unpaired) electrons. The van der Waals surface area contributed by atoms with Crippen LogP contribution in [0.3, 0.4) is 0 Å². The van der Waals surface area contributed by atoms with Gasteiger partial charge >= 0.3 is 0 Å². The molecule has 0 bridgehead atoms. The first-order valence-corrected chi connectivity index (χ1v) is 7.68. The Morgan fingerprint density at radius 2 is 2.25 bits per heavy atom. The number of anilines is 1. The Morgan fingerprint density at radius 1 is 1.35 bits per heavy atom. The Hall–Kier alpha value is -1.88. The molecule has 2 heterocycles. The summed E-state index contributed by atoms with van der Waals surface area (Å²) < 4.78 is 0. The molecule has 5 heteroatoms. The number of thiophene rings is 1. The fourth-order valence-corrected chi connectivity index (χ4v) is 2.49. The fraction of sp³-hybridized carbons (Fsp3) is 0.333. The minimum atomic E-state index is -0.0523. The SMILES string of the molecule is CCCNc1cc(C(=O)NCCc2cccs2)ccn1. The molecule has 20 heavy (non-hydrogen) atoms. The van der Waals surface area contributed by atoms with E-state index in [9.17, 15) is 4.79 Å². The largest absolute Gasteiger partial charge is 0.370 e. The number of aromatic nitrogens is 1. The molecule has 0 aromatic carbocycles. The molecule has 0 aliphatic rings. The minimum Gasteiger partial charge on any atom is -0.370 e. The van der Waals surface area contributed by atoms with E-state index in [2.05, 4.69) is 28.6 Å². The predicted octanol–water partition coefficient (Wildman–Crippen LogP) is 2.94. The van der Waals surface area contributed by atoms with Crippen LogP contribution < -0.4 is 10.6 Å². The standard InChI is InChI=1S/C15H19N3OS/c1-2-7-16-14-11-12(5-8-17-14)15(19)18-9-6-13-4-3-10-20-13/h3-5,8,10-11H,2,6-7,9H2,1H3,(H,16,17)(H,18,19). The molecule has 0 atom stereocenters. The predicted molar refractivity (Wildman–Crippen MR) is 83.4 cm³/mol. The van der Waals surface area contributed by atoms with Crippen LogP contribution in [0.25, 0.3) is 0 Å². The van der Waals surface area contributed by atoms with Crippen LogP contribution in [-0.2, 0) is 6.42 Å². The zero-order valence-corrected chi connectivity index (χ0v) is 12.4. The fourth-order valence-electron chi connectivity index (χ4n) is 1.78. The lowest BCUT2D eigenvalue weighted by Gasteiger charge is -2.07. The third kappa shape index (κ3) is 4.35. The van der Waals surface area contributed by atoms with Gasteiger partial charge in [-0.25, -0.2) is 4.98 Å². The Balaban J connectivity index is 1.85. The van der Waals surface area contributed by atoms with Crippen LogP contribution in [-0.4, -0.2) is 24.0 Å². The molecule has 0 unspecified atom stereocenters. The second kappa shape index (κ2) is 7.65. The molecule has 0 aliphatic heterocycles. The van der Waals surface area contributed by atoms with Crippen LogP contribution in [0.2, 0.25) is 0 Å². The number of nitrogens with zero attached hydrogens (tertiary/aromatic N) is 1. The van der Waals surface area contributed by atoms with Gasteiger partial charge in [-0.2, -0.15) is 0 Å². The molecule has 0 fully saturated rings. The average molecular weight is 289 g/mol. The zero-order valence-electron chi connectivity index (χ0n) is 11.6. The number of pyridine rings is 1. The lowest BCUT2D eigenvalue weighted by Crippen LogP contribution is -2.25. The van der Waals surface area contributed by atoms with Crippen molar-refractivity contribution in [2.45, 2.75) is 19.8 Å². The summed E-state index contributed by atoms with van der Waals surface area (Å²) in [6.45, 7) is 3.60. The van der Waals surface area contributed by atoms with Crippen LogP contribution >= 0.6 is 11.3 Å². The van der Waals surface area contributed by atoms with Gasteiger partial charge in [0.25, 0.3) is 5.91 Å². The molecule has 0 aliphatic carbocycles. The van der Waals surface area contributed by atoms with Gasteiger partial charge in [-0.15, -0.1) is 11.3 Å². The normalized spacial score (nSPS) is 10.2. The van der Waals surface area contributed by atoms with Gasteiger partial charge in [0.15, 0.2) is 0 Å². The molecule has 1 amide bonds.